The maximum absolute atomic E-state index is 6.10. The zero-order chi connectivity index (χ0) is 12.8. The van der Waals surface area contributed by atoms with Crippen LogP contribution in [0.1, 0.15) is 0 Å². The van der Waals surface area contributed by atoms with Crippen molar-refractivity contribution in [2.75, 3.05) is 5.73 Å². The van der Waals surface area contributed by atoms with E-state index in [1.54, 1.807) is 0 Å². The van der Waals surface area contributed by atoms with Crippen molar-refractivity contribution in [1.29, 1.82) is 0 Å². The third-order valence-corrected chi connectivity index (χ3v) is 3.62. The molecule has 4 rings (SSSR count). The number of nitrogens with zero attached hydrogens (tertiary/aromatic N) is 1. The monoisotopic (exact) mass is 244 g/mol. The van der Waals surface area contributed by atoms with Gasteiger partial charge in [0.25, 0.3) is 0 Å². The van der Waals surface area contributed by atoms with Gasteiger partial charge in [-0.25, -0.2) is 4.98 Å². The van der Waals surface area contributed by atoms with Gasteiger partial charge in [-0.2, -0.15) is 0 Å². The second-order valence-corrected chi connectivity index (χ2v) is 4.72. The van der Waals surface area contributed by atoms with E-state index in [2.05, 4.69) is 47.4 Å². The summed E-state index contributed by atoms with van der Waals surface area (Å²) in [5.74, 6) is 0.597. The fourth-order valence-corrected chi connectivity index (χ4v) is 2.75. The molecule has 0 fully saturated rings. The molecule has 2 nitrogen and oxygen atoms in total. The SMILES string of the molecule is Nc1nc2ccccc2c2c1ccc1ccccc12. The molecule has 0 amide bonds. The Hall–Kier alpha value is -2.61. The molecule has 19 heavy (non-hydrogen) atoms. The van der Waals surface area contributed by atoms with Crippen LogP contribution in [0.5, 0.6) is 0 Å². The number of rotatable bonds is 0. The number of aromatic nitrogens is 1. The van der Waals surface area contributed by atoms with Gasteiger partial charge in [-0.05, 0) is 16.8 Å². The Labute approximate surface area is 110 Å². The van der Waals surface area contributed by atoms with E-state index in [1.165, 1.54) is 16.2 Å². The quantitative estimate of drug-likeness (QED) is 0.472. The summed E-state index contributed by atoms with van der Waals surface area (Å²) < 4.78 is 0. The number of fused-ring (bicyclic) bond motifs is 5. The van der Waals surface area contributed by atoms with Crippen LogP contribution in [0.4, 0.5) is 5.82 Å². The standard InChI is InChI=1S/C17H12N2/c18-17-14-10-9-11-5-1-2-6-12(11)16(14)13-7-3-4-8-15(13)19-17/h1-10H,(H2,18,19). The summed E-state index contributed by atoms with van der Waals surface area (Å²) in [6, 6.07) is 20.7. The van der Waals surface area contributed by atoms with Crippen LogP contribution < -0.4 is 5.73 Å². The van der Waals surface area contributed by atoms with Crippen LogP contribution in [-0.2, 0) is 0 Å². The second kappa shape index (κ2) is 3.69. The number of para-hydroxylation sites is 1. The summed E-state index contributed by atoms with van der Waals surface area (Å²) in [4.78, 5) is 4.49. The van der Waals surface area contributed by atoms with Crippen LogP contribution >= 0.6 is 0 Å². The van der Waals surface area contributed by atoms with Gasteiger partial charge in [-0.15, -0.1) is 0 Å². The number of hydrogen-bond donors (Lipinski definition) is 1. The molecule has 0 saturated heterocycles. The average Bonchev–Trinajstić information content (AvgIpc) is 2.47. The molecule has 3 aromatic carbocycles. The first-order valence-corrected chi connectivity index (χ1v) is 6.30. The van der Waals surface area contributed by atoms with Crippen molar-refractivity contribution >= 4 is 38.3 Å². The van der Waals surface area contributed by atoms with Gasteiger partial charge in [-0.3, -0.25) is 0 Å². The second-order valence-electron chi connectivity index (χ2n) is 4.72. The highest BCUT2D eigenvalue weighted by atomic mass is 14.8. The molecule has 0 unspecified atom stereocenters. The van der Waals surface area contributed by atoms with E-state index >= 15 is 0 Å². The lowest BCUT2D eigenvalue weighted by molar-refractivity contribution is 1.45. The van der Waals surface area contributed by atoms with Gasteiger partial charge in [0.05, 0.1) is 5.52 Å². The number of nitrogen functional groups attached to an aromatic ring is 1. The molecule has 0 spiro atoms. The van der Waals surface area contributed by atoms with E-state index in [1.807, 2.05) is 18.2 Å². The van der Waals surface area contributed by atoms with Gasteiger partial charge in [-0.1, -0.05) is 54.6 Å². The van der Waals surface area contributed by atoms with Crippen molar-refractivity contribution in [3.05, 3.63) is 60.7 Å². The van der Waals surface area contributed by atoms with Crippen LogP contribution in [-0.4, -0.2) is 4.98 Å². The Balaban J connectivity index is 2.40. The first kappa shape index (κ1) is 10.3. The van der Waals surface area contributed by atoms with Gasteiger partial charge in [0.1, 0.15) is 5.82 Å². The van der Waals surface area contributed by atoms with Gasteiger partial charge < -0.3 is 5.73 Å². The molecule has 0 saturated carbocycles. The van der Waals surface area contributed by atoms with Gasteiger partial charge >= 0.3 is 0 Å². The molecule has 0 atom stereocenters. The van der Waals surface area contributed by atoms with Crippen LogP contribution in [0.25, 0.3) is 32.4 Å². The highest BCUT2D eigenvalue weighted by molar-refractivity contribution is 6.21. The van der Waals surface area contributed by atoms with Crippen LogP contribution in [0, 0.1) is 0 Å². The fraction of sp³-hybridized carbons (Fsp3) is 0. The summed E-state index contributed by atoms with van der Waals surface area (Å²) in [6.07, 6.45) is 0. The molecule has 0 aliphatic rings. The molecule has 90 valence electrons. The van der Waals surface area contributed by atoms with Gasteiger partial charge in [0.15, 0.2) is 0 Å². The summed E-state index contributed by atoms with van der Waals surface area (Å²) in [6.45, 7) is 0. The molecule has 0 aliphatic heterocycles. The molecule has 2 heteroatoms. The van der Waals surface area contributed by atoms with Gasteiger partial charge in [0.2, 0.25) is 0 Å². The highest BCUT2D eigenvalue weighted by Crippen LogP contribution is 2.33. The summed E-state index contributed by atoms with van der Waals surface area (Å²) >= 11 is 0. The number of hydrogen-bond acceptors (Lipinski definition) is 2. The third-order valence-electron chi connectivity index (χ3n) is 3.62. The predicted octanol–water partition coefficient (Wildman–Crippen LogP) is 4.12. The molecule has 2 N–H and O–H groups in total. The molecule has 0 bridgehead atoms. The third kappa shape index (κ3) is 1.40. The molecule has 1 heterocycles. The summed E-state index contributed by atoms with van der Waals surface area (Å²) in [5, 5.41) is 5.83. The van der Waals surface area contributed by atoms with Crippen molar-refractivity contribution in [3.8, 4) is 0 Å². The lowest BCUT2D eigenvalue weighted by atomic mass is 9.99. The van der Waals surface area contributed by atoms with E-state index < -0.39 is 0 Å². The summed E-state index contributed by atoms with van der Waals surface area (Å²) in [5.41, 5.74) is 7.05. The lowest BCUT2D eigenvalue weighted by Gasteiger charge is -2.09. The van der Waals surface area contributed by atoms with E-state index in [0.717, 1.165) is 16.3 Å². The number of anilines is 1. The predicted molar refractivity (Wildman–Crippen MR) is 81.2 cm³/mol. The molecule has 1 aromatic heterocycles. The number of benzene rings is 3. The number of pyridine rings is 1. The van der Waals surface area contributed by atoms with E-state index in [0.29, 0.717) is 5.82 Å². The molecular weight excluding hydrogens is 232 g/mol. The van der Waals surface area contributed by atoms with E-state index in [9.17, 15) is 0 Å². The summed E-state index contributed by atoms with van der Waals surface area (Å²) in [7, 11) is 0. The van der Waals surface area contributed by atoms with E-state index in [4.69, 9.17) is 5.73 Å². The Morgan fingerprint density at radius 3 is 2.32 bits per heavy atom. The topological polar surface area (TPSA) is 38.9 Å². The van der Waals surface area contributed by atoms with Crippen molar-refractivity contribution < 1.29 is 0 Å². The van der Waals surface area contributed by atoms with E-state index in [-0.39, 0.29) is 0 Å². The largest absolute Gasteiger partial charge is 0.383 e. The smallest absolute Gasteiger partial charge is 0.132 e. The Morgan fingerprint density at radius 2 is 1.42 bits per heavy atom. The number of nitrogens with two attached hydrogens (primary N) is 1. The van der Waals surface area contributed by atoms with Crippen LogP contribution in [0.3, 0.4) is 0 Å². The minimum atomic E-state index is 0.597. The molecule has 4 aromatic rings. The normalized spacial score (nSPS) is 11.4. The first-order chi connectivity index (χ1) is 9.34. The Morgan fingerprint density at radius 1 is 0.684 bits per heavy atom. The average molecular weight is 244 g/mol. The van der Waals surface area contributed by atoms with Crippen LogP contribution in [0.15, 0.2) is 60.7 Å². The lowest BCUT2D eigenvalue weighted by Crippen LogP contribution is -1.93. The molecular formula is C17H12N2. The zero-order valence-electron chi connectivity index (χ0n) is 10.3. The Kier molecular flexibility index (Phi) is 2.00. The van der Waals surface area contributed by atoms with Crippen molar-refractivity contribution in [2.24, 2.45) is 0 Å². The first-order valence-electron chi connectivity index (χ1n) is 6.30. The highest BCUT2D eigenvalue weighted by Gasteiger charge is 2.08. The minimum Gasteiger partial charge on any atom is -0.383 e. The maximum atomic E-state index is 6.10. The molecule has 0 radical (unpaired) electrons. The fourth-order valence-electron chi connectivity index (χ4n) is 2.75. The van der Waals surface area contributed by atoms with Gasteiger partial charge in [0, 0.05) is 16.2 Å². The molecule has 0 aliphatic carbocycles. The Bertz CT molecular complexity index is 910. The minimum absolute atomic E-state index is 0.597. The van der Waals surface area contributed by atoms with Crippen molar-refractivity contribution in [1.82, 2.24) is 4.98 Å². The maximum Gasteiger partial charge on any atom is 0.132 e. The van der Waals surface area contributed by atoms with Crippen molar-refractivity contribution in [3.63, 3.8) is 0 Å². The van der Waals surface area contributed by atoms with Crippen molar-refractivity contribution in [2.45, 2.75) is 0 Å². The van der Waals surface area contributed by atoms with Crippen LogP contribution in [0.2, 0.25) is 0 Å². The zero-order valence-corrected chi connectivity index (χ0v) is 10.3.